The number of aliphatic hydroxyl groups is 1. The highest BCUT2D eigenvalue weighted by atomic mass is 35.5. The fourth-order valence-corrected chi connectivity index (χ4v) is 4.46. The van der Waals surface area contributed by atoms with Crippen LogP contribution >= 0.6 is 11.6 Å². The van der Waals surface area contributed by atoms with E-state index in [0.29, 0.717) is 21.8 Å². The van der Waals surface area contributed by atoms with Gasteiger partial charge in [0, 0.05) is 18.9 Å². The molecule has 1 aromatic heterocycles. The number of alkyl halides is 3. The summed E-state index contributed by atoms with van der Waals surface area (Å²) >= 11 is 6.33. The molecule has 1 amide bonds. The number of hydrogen-bond acceptors (Lipinski definition) is 4. The number of amides is 1. The first kappa shape index (κ1) is 27.5. The van der Waals surface area contributed by atoms with Gasteiger partial charge in [-0.2, -0.15) is 13.2 Å². The van der Waals surface area contributed by atoms with E-state index in [-0.39, 0.29) is 6.61 Å². The first-order valence-corrected chi connectivity index (χ1v) is 11.8. The van der Waals surface area contributed by atoms with Crippen molar-refractivity contribution >= 4 is 34.4 Å². The molecular formula is C26H28ClF3N2O4. The fourth-order valence-electron chi connectivity index (χ4n) is 4.14. The third kappa shape index (κ3) is 6.39. The molecule has 2 aromatic carbocycles. The average Bonchev–Trinajstić information content (AvgIpc) is 3.14. The Morgan fingerprint density at radius 1 is 1.14 bits per heavy atom. The lowest BCUT2D eigenvalue weighted by Crippen LogP contribution is -2.32. The van der Waals surface area contributed by atoms with Crippen molar-refractivity contribution < 1.29 is 32.6 Å². The molecule has 0 fully saturated rings. The summed E-state index contributed by atoms with van der Waals surface area (Å²) in [5.41, 5.74) is 2.98. The van der Waals surface area contributed by atoms with E-state index < -0.39 is 49.5 Å². The Hall–Kier alpha value is -3.04. The van der Waals surface area contributed by atoms with Gasteiger partial charge in [-0.1, -0.05) is 35.9 Å². The molecule has 10 heteroatoms. The highest BCUT2D eigenvalue weighted by Crippen LogP contribution is 2.31. The summed E-state index contributed by atoms with van der Waals surface area (Å²) in [6.07, 6.45) is -5.96. The normalized spacial score (nSPS) is 13.4. The second kappa shape index (κ2) is 11.3. The third-order valence-electron chi connectivity index (χ3n) is 6.01. The van der Waals surface area contributed by atoms with E-state index in [9.17, 15) is 27.9 Å². The van der Waals surface area contributed by atoms with Crippen molar-refractivity contribution in [1.82, 2.24) is 9.88 Å². The van der Waals surface area contributed by atoms with E-state index in [2.05, 4.69) is 5.32 Å². The number of aryl methyl sites for hydroxylation is 2. The summed E-state index contributed by atoms with van der Waals surface area (Å²) in [6, 6.07) is 10.8. The average molecular weight is 525 g/mol. The number of rotatable bonds is 9. The predicted octanol–water partition coefficient (Wildman–Crippen LogP) is 5.59. The molecular weight excluding hydrogens is 497 g/mol. The summed E-state index contributed by atoms with van der Waals surface area (Å²) in [5.74, 6) is -2.24. The van der Waals surface area contributed by atoms with Gasteiger partial charge in [0.15, 0.2) is 0 Å². The second-order valence-electron chi connectivity index (χ2n) is 8.60. The van der Waals surface area contributed by atoms with Crippen LogP contribution in [0.4, 0.5) is 13.2 Å². The maximum atomic E-state index is 13.0. The molecule has 2 N–H and O–H groups in total. The van der Waals surface area contributed by atoms with E-state index >= 15 is 0 Å². The Morgan fingerprint density at radius 2 is 1.78 bits per heavy atom. The summed E-state index contributed by atoms with van der Waals surface area (Å²) < 4.78 is 45.0. The molecule has 0 aliphatic carbocycles. The lowest BCUT2D eigenvalue weighted by atomic mass is 9.92. The zero-order chi connectivity index (χ0) is 26.6. The highest BCUT2D eigenvalue weighted by molar-refractivity contribution is 6.35. The molecule has 194 valence electrons. The van der Waals surface area contributed by atoms with Gasteiger partial charge in [0.25, 0.3) is 5.91 Å². The maximum Gasteiger partial charge on any atom is 0.389 e. The number of halogens is 4. The molecule has 0 aliphatic heterocycles. The van der Waals surface area contributed by atoms with E-state index in [4.69, 9.17) is 16.3 Å². The number of benzene rings is 2. The van der Waals surface area contributed by atoms with Crippen LogP contribution in [0.25, 0.3) is 10.9 Å². The Kier molecular flexibility index (Phi) is 8.68. The van der Waals surface area contributed by atoms with Crippen LogP contribution in [0, 0.1) is 6.92 Å². The van der Waals surface area contributed by atoms with Crippen molar-refractivity contribution in [2.45, 2.75) is 44.8 Å². The molecule has 36 heavy (non-hydrogen) atoms. The first-order chi connectivity index (χ1) is 16.9. The zero-order valence-corrected chi connectivity index (χ0v) is 20.9. The van der Waals surface area contributed by atoms with Gasteiger partial charge in [-0.25, -0.2) is 0 Å². The quantitative estimate of drug-likeness (QED) is 0.357. The number of carbonyl (C=O) groups excluding carboxylic acids is 2. The van der Waals surface area contributed by atoms with Gasteiger partial charge >= 0.3 is 12.1 Å². The van der Waals surface area contributed by atoms with Crippen LogP contribution in [-0.4, -0.2) is 40.9 Å². The number of aromatic nitrogens is 1. The van der Waals surface area contributed by atoms with Gasteiger partial charge in [-0.05, 0) is 55.2 Å². The number of carbonyl (C=O) groups is 2. The number of esters is 1. The SMILES string of the molecule is CCOC(=O)C(CCC(F)(F)F)c1ccc([C@@H](CO)NC(=O)c2cc3c(Cl)cc(C)cc3n2C)cc1. The minimum Gasteiger partial charge on any atom is -0.466 e. The summed E-state index contributed by atoms with van der Waals surface area (Å²) in [4.78, 5) is 25.3. The molecule has 3 aromatic rings. The molecule has 0 aliphatic rings. The van der Waals surface area contributed by atoms with E-state index in [1.165, 1.54) is 12.1 Å². The molecule has 0 spiro atoms. The number of aliphatic hydroxyl groups excluding tert-OH is 1. The topological polar surface area (TPSA) is 80.6 Å². The molecule has 1 unspecified atom stereocenters. The van der Waals surface area contributed by atoms with Crippen molar-refractivity contribution in [3.8, 4) is 0 Å². The molecule has 0 saturated heterocycles. The number of hydrogen-bond donors (Lipinski definition) is 2. The van der Waals surface area contributed by atoms with Crippen LogP contribution < -0.4 is 5.32 Å². The molecule has 6 nitrogen and oxygen atoms in total. The van der Waals surface area contributed by atoms with Crippen LogP contribution in [0.2, 0.25) is 5.02 Å². The second-order valence-corrected chi connectivity index (χ2v) is 9.01. The maximum absolute atomic E-state index is 13.0. The van der Waals surface area contributed by atoms with E-state index in [0.717, 1.165) is 16.5 Å². The molecule has 0 saturated carbocycles. The summed E-state index contributed by atoms with van der Waals surface area (Å²) in [6.45, 7) is 3.13. The Labute approximate surface area is 212 Å². The Morgan fingerprint density at radius 3 is 2.36 bits per heavy atom. The van der Waals surface area contributed by atoms with Gasteiger partial charge < -0.3 is 19.7 Å². The Bertz CT molecular complexity index is 1240. The summed E-state index contributed by atoms with van der Waals surface area (Å²) in [5, 5.41) is 14.0. The van der Waals surface area contributed by atoms with Crippen molar-refractivity contribution in [3.05, 3.63) is 69.9 Å². The number of nitrogens with zero attached hydrogens (tertiary/aromatic N) is 1. The Balaban J connectivity index is 1.81. The van der Waals surface area contributed by atoms with Crippen LogP contribution in [0.3, 0.4) is 0 Å². The molecule has 2 atom stereocenters. The zero-order valence-electron chi connectivity index (χ0n) is 20.2. The smallest absolute Gasteiger partial charge is 0.389 e. The fraction of sp³-hybridized carbons (Fsp3) is 0.385. The number of nitrogens with one attached hydrogen (secondary N) is 1. The molecule has 1 heterocycles. The highest BCUT2D eigenvalue weighted by Gasteiger charge is 2.32. The minimum atomic E-state index is -4.40. The van der Waals surface area contributed by atoms with Crippen LogP contribution in [0.1, 0.15) is 58.9 Å². The van der Waals surface area contributed by atoms with E-state index in [1.807, 2.05) is 19.1 Å². The number of ether oxygens (including phenoxy) is 1. The van der Waals surface area contributed by atoms with Crippen LogP contribution in [-0.2, 0) is 16.6 Å². The lowest BCUT2D eigenvalue weighted by Gasteiger charge is -2.20. The standard InChI is InChI=1S/C26H28ClF3N2O4/c1-4-36-25(35)18(9-10-26(28,29)30)16-5-7-17(8-6-16)21(14-33)31-24(34)23-13-19-20(27)11-15(2)12-22(19)32(23)3/h5-8,11-13,18,21,33H,4,9-10,14H2,1-3H3,(H,31,34)/t18?,21-/m1/s1. The monoisotopic (exact) mass is 524 g/mol. The van der Waals surface area contributed by atoms with Gasteiger partial charge in [0.2, 0.25) is 0 Å². The number of fused-ring (bicyclic) bond motifs is 1. The summed E-state index contributed by atoms with van der Waals surface area (Å²) in [7, 11) is 1.74. The molecule has 0 bridgehead atoms. The molecule has 3 rings (SSSR count). The third-order valence-corrected chi connectivity index (χ3v) is 6.32. The van der Waals surface area contributed by atoms with Crippen LogP contribution in [0.15, 0.2) is 42.5 Å². The largest absolute Gasteiger partial charge is 0.466 e. The first-order valence-electron chi connectivity index (χ1n) is 11.5. The van der Waals surface area contributed by atoms with Gasteiger partial charge in [0.1, 0.15) is 5.69 Å². The van der Waals surface area contributed by atoms with Gasteiger partial charge in [-0.15, -0.1) is 0 Å². The van der Waals surface area contributed by atoms with E-state index in [1.54, 1.807) is 36.7 Å². The van der Waals surface area contributed by atoms with Gasteiger partial charge in [0.05, 0.1) is 35.7 Å². The van der Waals surface area contributed by atoms with Crippen LogP contribution in [0.5, 0.6) is 0 Å². The van der Waals surface area contributed by atoms with Crippen molar-refractivity contribution in [2.24, 2.45) is 7.05 Å². The van der Waals surface area contributed by atoms with Gasteiger partial charge in [-0.3, -0.25) is 9.59 Å². The van der Waals surface area contributed by atoms with Crippen molar-refractivity contribution in [2.75, 3.05) is 13.2 Å². The molecule has 0 radical (unpaired) electrons. The van der Waals surface area contributed by atoms with Crippen molar-refractivity contribution in [1.29, 1.82) is 0 Å². The predicted molar refractivity (Wildman–Crippen MR) is 131 cm³/mol. The lowest BCUT2D eigenvalue weighted by molar-refractivity contribution is -0.149. The van der Waals surface area contributed by atoms with Crippen molar-refractivity contribution in [3.63, 3.8) is 0 Å². The minimum absolute atomic E-state index is 0.0526.